The number of rotatable bonds is 1. The molecule has 1 heterocycles. The largest absolute Gasteiger partial charge is 0.207 e. The van der Waals surface area contributed by atoms with Gasteiger partial charge in [0.15, 0.2) is 0 Å². The molecule has 12 heavy (non-hydrogen) atoms. The van der Waals surface area contributed by atoms with Crippen molar-refractivity contribution in [1.82, 2.24) is 20.4 Å². The monoisotopic (exact) mass is 164 g/mol. The fraction of sp³-hybridized carbons (Fsp3) is 0. The lowest BCUT2D eigenvalue weighted by molar-refractivity contribution is 0.258. The SMILES string of the molecule is Fn1nnc(-c2ccccc2)n1. The first kappa shape index (κ1) is 6.90. The summed E-state index contributed by atoms with van der Waals surface area (Å²) >= 11 is 0. The predicted octanol–water partition coefficient (Wildman–Crippen LogP) is 1.07. The lowest BCUT2D eigenvalue weighted by atomic mass is 10.2. The summed E-state index contributed by atoms with van der Waals surface area (Å²) in [6, 6.07) is 9.10. The van der Waals surface area contributed by atoms with Crippen molar-refractivity contribution >= 4 is 0 Å². The maximum Gasteiger partial charge on any atom is 0.207 e. The van der Waals surface area contributed by atoms with Crippen molar-refractivity contribution in [2.45, 2.75) is 0 Å². The van der Waals surface area contributed by atoms with Crippen LogP contribution in [0.25, 0.3) is 11.4 Å². The van der Waals surface area contributed by atoms with E-state index in [1.165, 1.54) is 0 Å². The third-order valence-corrected chi connectivity index (χ3v) is 1.42. The molecule has 2 aromatic rings. The zero-order valence-corrected chi connectivity index (χ0v) is 6.05. The van der Waals surface area contributed by atoms with Crippen LogP contribution in [0.15, 0.2) is 30.3 Å². The summed E-state index contributed by atoms with van der Waals surface area (Å²) in [7, 11) is 0. The highest BCUT2D eigenvalue weighted by Gasteiger charge is 2.02. The minimum absolute atomic E-state index is 0.0532. The zero-order chi connectivity index (χ0) is 8.39. The van der Waals surface area contributed by atoms with Gasteiger partial charge in [-0.05, 0) is 5.21 Å². The molecular formula is C7H5FN4. The van der Waals surface area contributed by atoms with Crippen LogP contribution < -0.4 is 0 Å². The third kappa shape index (κ3) is 1.16. The van der Waals surface area contributed by atoms with Crippen LogP contribution in [0.2, 0.25) is 0 Å². The molecule has 1 aromatic carbocycles. The number of aromatic nitrogens is 4. The van der Waals surface area contributed by atoms with Crippen LogP contribution in [0.5, 0.6) is 0 Å². The van der Waals surface area contributed by atoms with E-state index in [9.17, 15) is 4.48 Å². The molecule has 0 saturated heterocycles. The highest BCUT2D eigenvalue weighted by Crippen LogP contribution is 2.11. The summed E-state index contributed by atoms with van der Waals surface area (Å²) in [5.41, 5.74) is 0.751. The molecule has 0 amide bonds. The molecule has 0 bridgehead atoms. The van der Waals surface area contributed by atoms with Crippen molar-refractivity contribution in [3.8, 4) is 11.4 Å². The van der Waals surface area contributed by atoms with Crippen molar-refractivity contribution in [1.29, 1.82) is 0 Å². The Balaban J connectivity index is 2.45. The summed E-state index contributed by atoms with van der Waals surface area (Å²) < 4.78 is 12.2. The highest BCUT2D eigenvalue weighted by atomic mass is 19.2. The van der Waals surface area contributed by atoms with E-state index in [0.29, 0.717) is 0 Å². The van der Waals surface area contributed by atoms with Gasteiger partial charge in [0.1, 0.15) is 0 Å². The van der Waals surface area contributed by atoms with Gasteiger partial charge in [-0.15, -0.1) is 5.10 Å². The Kier molecular flexibility index (Phi) is 1.55. The molecule has 60 valence electrons. The standard InChI is InChI=1S/C7H5FN4/c8-12-10-7(9-11-12)6-4-2-1-3-5-6/h1-5H. The highest BCUT2D eigenvalue weighted by molar-refractivity contribution is 5.52. The lowest BCUT2D eigenvalue weighted by Crippen LogP contribution is -1.85. The number of benzene rings is 1. The van der Waals surface area contributed by atoms with Crippen LogP contribution in [0.3, 0.4) is 0 Å². The van der Waals surface area contributed by atoms with Crippen molar-refractivity contribution in [2.24, 2.45) is 0 Å². The van der Waals surface area contributed by atoms with Crippen LogP contribution in [-0.2, 0) is 0 Å². The Labute approximate surface area is 67.6 Å². The number of nitrogens with zero attached hydrogens (tertiary/aromatic N) is 4. The number of halogens is 1. The summed E-state index contributed by atoms with van der Waals surface area (Å²) in [6.07, 6.45) is 0. The lowest BCUT2D eigenvalue weighted by Gasteiger charge is -1.89. The Morgan fingerprint density at radius 1 is 1.17 bits per heavy atom. The second kappa shape index (κ2) is 2.69. The fourth-order valence-electron chi connectivity index (χ4n) is 0.900. The Morgan fingerprint density at radius 3 is 2.50 bits per heavy atom. The third-order valence-electron chi connectivity index (χ3n) is 1.42. The van der Waals surface area contributed by atoms with Crippen LogP contribution in [-0.4, -0.2) is 20.4 Å². The van der Waals surface area contributed by atoms with Crippen molar-refractivity contribution < 1.29 is 4.48 Å². The van der Waals surface area contributed by atoms with Crippen molar-refractivity contribution in [2.75, 3.05) is 0 Å². The molecule has 0 saturated carbocycles. The summed E-state index contributed by atoms with van der Waals surface area (Å²) in [5.74, 6) is 0.290. The van der Waals surface area contributed by atoms with Crippen molar-refractivity contribution in [3.05, 3.63) is 30.3 Å². The van der Waals surface area contributed by atoms with E-state index in [2.05, 4.69) is 15.4 Å². The van der Waals surface area contributed by atoms with Gasteiger partial charge in [-0.1, -0.05) is 39.9 Å². The molecule has 0 atom stereocenters. The number of hydrogen-bond acceptors (Lipinski definition) is 3. The molecule has 0 fully saturated rings. The van der Waals surface area contributed by atoms with Gasteiger partial charge in [0.05, 0.1) is 0 Å². The predicted molar refractivity (Wildman–Crippen MR) is 39.8 cm³/mol. The molecule has 0 aliphatic rings. The zero-order valence-electron chi connectivity index (χ0n) is 6.05. The average molecular weight is 164 g/mol. The second-order valence-corrected chi connectivity index (χ2v) is 2.22. The first-order valence-corrected chi connectivity index (χ1v) is 3.38. The van der Waals surface area contributed by atoms with Crippen LogP contribution >= 0.6 is 0 Å². The Bertz CT molecular complexity index is 370. The van der Waals surface area contributed by atoms with Gasteiger partial charge < -0.3 is 0 Å². The van der Waals surface area contributed by atoms with Gasteiger partial charge in [-0.3, -0.25) is 0 Å². The molecule has 2 rings (SSSR count). The molecule has 1 aromatic heterocycles. The van der Waals surface area contributed by atoms with Gasteiger partial charge in [0.25, 0.3) is 0 Å². The number of tetrazole rings is 1. The molecule has 0 aliphatic heterocycles. The first-order chi connectivity index (χ1) is 5.86. The Morgan fingerprint density at radius 2 is 1.92 bits per heavy atom. The summed E-state index contributed by atoms with van der Waals surface area (Å²) in [4.78, 5) is 0. The molecule has 0 N–H and O–H groups in total. The summed E-state index contributed by atoms with van der Waals surface area (Å²) in [5, 5.41) is 9.95. The van der Waals surface area contributed by atoms with E-state index < -0.39 is 0 Å². The molecule has 0 radical (unpaired) electrons. The van der Waals surface area contributed by atoms with Gasteiger partial charge in [0, 0.05) is 10.6 Å². The van der Waals surface area contributed by atoms with Crippen LogP contribution in [0.4, 0.5) is 4.48 Å². The van der Waals surface area contributed by atoms with E-state index in [1.54, 1.807) is 12.1 Å². The van der Waals surface area contributed by atoms with Crippen LogP contribution in [0, 0.1) is 0 Å². The van der Waals surface area contributed by atoms with E-state index in [0.717, 1.165) is 5.56 Å². The quantitative estimate of drug-likeness (QED) is 0.633. The normalized spacial score (nSPS) is 10.1. The topological polar surface area (TPSA) is 43.6 Å². The molecule has 0 aliphatic carbocycles. The average Bonchev–Trinajstić information content (AvgIpc) is 2.54. The smallest absolute Gasteiger partial charge is 0.106 e. The van der Waals surface area contributed by atoms with E-state index in [1.807, 2.05) is 18.2 Å². The molecule has 0 unspecified atom stereocenters. The minimum atomic E-state index is -0.0532. The molecule has 0 spiro atoms. The van der Waals surface area contributed by atoms with E-state index >= 15 is 0 Å². The number of hydrogen-bond donors (Lipinski definition) is 0. The van der Waals surface area contributed by atoms with Gasteiger partial charge >= 0.3 is 0 Å². The second-order valence-electron chi connectivity index (χ2n) is 2.22. The van der Waals surface area contributed by atoms with E-state index in [-0.39, 0.29) is 10.8 Å². The fourth-order valence-corrected chi connectivity index (χ4v) is 0.900. The minimum Gasteiger partial charge on any atom is -0.106 e. The molecule has 5 heteroatoms. The summed E-state index contributed by atoms with van der Waals surface area (Å²) in [6.45, 7) is 0. The van der Waals surface area contributed by atoms with Gasteiger partial charge in [-0.2, -0.15) is 0 Å². The van der Waals surface area contributed by atoms with Crippen LogP contribution in [0.1, 0.15) is 0 Å². The Hall–Kier alpha value is -1.78. The first-order valence-electron chi connectivity index (χ1n) is 3.38. The molecular weight excluding hydrogens is 159 g/mol. The maximum absolute atomic E-state index is 12.2. The van der Waals surface area contributed by atoms with E-state index in [4.69, 9.17) is 0 Å². The van der Waals surface area contributed by atoms with Gasteiger partial charge in [-0.25, -0.2) is 0 Å². The maximum atomic E-state index is 12.2. The molecule has 4 nitrogen and oxygen atoms in total. The van der Waals surface area contributed by atoms with Gasteiger partial charge in [0.2, 0.25) is 5.82 Å². The van der Waals surface area contributed by atoms with Crippen molar-refractivity contribution in [3.63, 3.8) is 0 Å².